The zero-order valence-corrected chi connectivity index (χ0v) is 12.4. The van der Waals surface area contributed by atoms with Crippen molar-refractivity contribution in [3.63, 3.8) is 0 Å². The van der Waals surface area contributed by atoms with E-state index < -0.39 is 5.97 Å². The zero-order chi connectivity index (χ0) is 15.5. The molecule has 3 rings (SSSR count). The molecule has 0 unspecified atom stereocenters. The molecule has 0 radical (unpaired) electrons. The van der Waals surface area contributed by atoms with Gasteiger partial charge in [0.2, 0.25) is 5.88 Å². The first kappa shape index (κ1) is 14.3. The number of nitrogens with zero attached hydrogens (tertiary/aromatic N) is 3. The summed E-state index contributed by atoms with van der Waals surface area (Å²) >= 11 is 6.08. The molecule has 3 aromatic heterocycles. The average Bonchev–Trinajstić information content (AvgIpc) is 2.97. The van der Waals surface area contributed by atoms with Crippen LogP contribution in [-0.4, -0.2) is 27.4 Å². The smallest absolute Gasteiger partial charge is 0.338 e. The molecule has 0 aliphatic carbocycles. The zero-order valence-electron chi connectivity index (χ0n) is 11.7. The van der Waals surface area contributed by atoms with Gasteiger partial charge in [-0.1, -0.05) is 17.7 Å². The summed E-state index contributed by atoms with van der Waals surface area (Å²) in [6.07, 6.45) is 3.28. The van der Waals surface area contributed by atoms with Gasteiger partial charge in [0.15, 0.2) is 0 Å². The molecule has 0 aliphatic heterocycles. The number of imidazole rings is 1. The number of carbonyl (C=O) groups is 1. The van der Waals surface area contributed by atoms with E-state index in [0.717, 1.165) is 5.65 Å². The molecule has 0 saturated carbocycles. The molecule has 0 saturated heterocycles. The average molecular weight is 318 g/mol. The van der Waals surface area contributed by atoms with Gasteiger partial charge < -0.3 is 9.47 Å². The third-order valence-electron chi connectivity index (χ3n) is 3.02. The van der Waals surface area contributed by atoms with Gasteiger partial charge in [0.1, 0.15) is 17.4 Å². The number of hydrogen-bond donors (Lipinski definition) is 0. The van der Waals surface area contributed by atoms with Crippen molar-refractivity contribution in [3.8, 4) is 5.88 Å². The van der Waals surface area contributed by atoms with E-state index in [4.69, 9.17) is 16.3 Å². The first-order chi connectivity index (χ1) is 10.7. The molecule has 7 heteroatoms. The summed E-state index contributed by atoms with van der Waals surface area (Å²) in [6, 6.07) is 8.54. The van der Waals surface area contributed by atoms with E-state index in [0.29, 0.717) is 22.3 Å². The molecule has 112 valence electrons. The summed E-state index contributed by atoms with van der Waals surface area (Å²) in [5.41, 5.74) is 1.83. The number of aromatic nitrogens is 3. The predicted octanol–water partition coefficient (Wildman–Crippen LogP) is 2.75. The Morgan fingerprint density at radius 1 is 1.36 bits per heavy atom. The van der Waals surface area contributed by atoms with Crippen molar-refractivity contribution in [1.82, 2.24) is 14.4 Å². The predicted molar refractivity (Wildman–Crippen MR) is 80.1 cm³/mol. The Morgan fingerprint density at radius 3 is 3.00 bits per heavy atom. The van der Waals surface area contributed by atoms with Gasteiger partial charge in [-0.15, -0.1) is 0 Å². The molecule has 22 heavy (non-hydrogen) atoms. The normalized spacial score (nSPS) is 10.6. The van der Waals surface area contributed by atoms with Crippen LogP contribution in [0.4, 0.5) is 0 Å². The maximum absolute atomic E-state index is 11.5. The number of halogens is 1. The van der Waals surface area contributed by atoms with E-state index in [9.17, 15) is 4.79 Å². The van der Waals surface area contributed by atoms with Gasteiger partial charge in [0, 0.05) is 18.5 Å². The molecule has 0 aromatic carbocycles. The highest BCUT2D eigenvalue weighted by Gasteiger charge is 2.09. The van der Waals surface area contributed by atoms with Crippen LogP contribution in [0.3, 0.4) is 0 Å². The molecule has 0 aliphatic rings. The highest BCUT2D eigenvalue weighted by atomic mass is 35.5. The second-order valence-corrected chi connectivity index (χ2v) is 4.86. The highest BCUT2D eigenvalue weighted by Crippen LogP contribution is 2.16. The molecular weight excluding hydrogens is 306 g/mol. The first-order valence-corrected chi connectivity index (χ1v) is 6.85. The second-order valence-electron chi connectivity index (χ2n) is 4.47. The molecular formula is C15H12ClN3O3. The van der Waals surface area contributed by atoms with E-state index in [1.807, 2.05) is 12.1 Å². The van der Waals surface area contributed by atoms with Gasteiger partial charge in [-0.05, 0) is 18.2 Å². The Hall–Kier alpha value is -2.60. The van der Waals surface area contributed by atoms with Gasteiger partial charge in [-0.25, -0.2) is 14.8 Å². The van der Waals surface area contributed by atoms with Crippen molar-refractivity contribution in [1.29, 1.82) is 0 Å². The SMILES string of the molecule is COC(=O)c1ccnc(OCc2cn3c(Cl)cccc3n2)c1. The molecule has 3 aromatic rings. The minimum absolute atomic E-state index is 0.218. The van der Waals surface area contributed by atoms with Crippen LogP contribution in [0.15, 0.2) is 42.7 Å². The largest absolute Gasteiger partial charge is 0.471 e. The number of esters is 1. The van der Waals surface area contributed by atoms with Gasteiger partial charge in [-0.2, -0.15) is 0 Å². The standard InChI is InChI=1S/C15H12ClN3O3/c1-21-15(20)10-5-6-17-14(7-10)22-9-11-8-19-12(16)3-2-4-13(19)18-11/h2-8H,9H2,1H3. The molecule has 0 N–H and O–H groups in total. The summed E-state index contributed by atoms with van der Waals surface area (Å²) in [4.78, 5) is 19.9. The van der Waals surface area contributed by atoms with Crippen molar-refractivity contribution < 1.29 is 14.3 Å². The minimum Gasteiger partial charge on any atom is -0.471 e. The van der Waals surface area contributed by atoms with Crippen LogP contribution >= 0.6 is 11.6 Å². The lowest BCUT2D eigenvalue weighted by atomic mass is 10.3. The highest BCUT2D eigenvalue weighted by molar-refractivity contribution is 6.29. The van der Waals surface area contributed by atoms with Crippen LogP contribution in [0, 0.1) is 0 Å². The van der Waals surface area contributed by atoms with E-state index >= 15 is 0 Å². The topological polar surface area (TPSA) is 65.7 Å². The van der Waals surface area contributed by atoms with Crippen LogP contribution in [0.1, 0.15) is 16.1 Å². The molecule has 6 nitrogen and oxygen atoms in total. The third kappa shape index (κ3) is 2.87. The summed E-state index contributed by atoms with van der Waals surface area (Å²) in [5, 5.41) is 0.571. The fourth-order valence-corrected chi connectivity index (χ4v) is 2.19. The lowest BCUT2D eigenvalue weighted by Crippen LogP contribution is -2.03. The summed E-state index contributed by atoms with van der Waals surface area (Å²) in [7, 11) is 1.32. The number of methoxy groups -OCH3 is 1. The van der Waals surface area contributed by atoms with Crippen LogP contribution in [0.25, 0.3) is 5.65 Å². The Labute approximate surface area is 131 Å². The van der Waals surface area contributed by atoms with Crippen molar-refractivity contribution in [2.24, 2.45) is 0 Å². The lowest BCUT2D eigenvalue weighted by molar-refractivity contribution is 0.0600. The van der Waals surface area contributed by atoms with Gasteiger partial charge in [0.25, 0.3) is 0 Å². The number of carbonyl (C=O) groups excluding carboxylic acids is 1. The fourth-order valence-electron chi connectivity index (χ4n) is 1.98. The summed E-state index contributed by atoms with van der Waals surface area (Å²) in [6.45, 7) is 0.218. The van der Waals surface area contributed by atoms with Gasteiger partial charge >= 0.3 is 5.97 Å². The maximum Gasteiger partial charge on any atom is 0.338 e. The Morgan fingerprint density at radius 2 is 2.23 bits per heavy atom. The maximum atomic E-state index is 11.5. The van der Waals surface area contributed by atoms with Gasteiger partial charge in [-0.3, -0.25) is 4.40 Å². The van der Waals surface area contributed by atoms with Crippen LogP contribution < -0.4 is 4.74 Å². The minimum atomic E-state index is -0.438. The number of ether oxygens (including phenoxy) is 2. The van der Waals surface area contributed by atoms with Crippen LogP contribution in [0.2, 0.25) is 5.15 Å². The molecule has 0 amide bonds. The summed E-state index contributed by atoms with van der Waals surface area (Å²) < 4.78 is 12.0. The van der Waals surface area contributed by atoms with E-state index in [1.54, 1.807) is 22.7 Å². The van der Waals surface area contributed by atoms with E-state index in [2.05, 4.69) is 14.7 Å². The first-order valence-electron chi connectivity index (χ1n) is 6.47. The molecule has 0 bridgehead atoms. The number of rotatable bonds is 4. The summed E-state index contributed by atoms with van der Waals surface area (Å²) in [5.74, 6) is -0.113. The Bertz CT molecular complexity index is 832. The fraction of sp³-hybridized carbons (Fsp3) is 0.133. The third-order valence-corrected chi connectivity index (χ3v) is 3.32. The molecule has 0 atom stereocenters. The Kier molecular flexibility index (Phi) is 3.93. The second kappa shape index (κ2) is 6.03. The monoisotopic (exact) mass is 317 g/mol. The molecule has 0 spiro atoms. The van der Waals surface area contributed by atoms with E-state index in [-0.39, 0.29) is 6.61 Å². The Balaban J connectivity index is 1.76. The van der Waals surface area contributed by atoms with Crippen LogP contribution in [0.5, 0.6) is 5.88 Å². The van der Waals surface area contributed by atoms with Crippen molar-refractivity contribution in [2.75, 3.05) is 7.11 Å². The van der Waals surface area contributed by atoms with Crippen molar-refractivity contribution in [3.05, 3.63) is 59.1 Å². The van der Waals surface area contributed by atoms with E-state index in [1.165, 1.54) is 19.4 Å². The van der Waals surface area contributed by atoms with Gasteiger partial charge in [0.05, 0.1) is 18.4 Å². The quantitative estimate of drug-likeness (QED) is 0.547. The number of hydrogen-bond acceptors (Lipinski definition) is 5. The molecule has 3 heterocycles. The lowest BCUT2D eigenvalue weighted by Gasteiger charge is -2.04. The van der Waals surface area contributed by atoms with Crippen molar-refractivity contribution >= 4 is 23.2 Å². The molecule has 0 fully saturated rings. The number of fused-ring (bicyclic) bond motifs is 1. The van der Waals surface area contributed by atoms with Crippen molar-refractivity contribution in [2.45, 2.75) is 6.61 Å². The van der Waals surface area contributed by atoms with Crippen LogP contribution in [-0.2, 0) is 11.3 Å². The number of pyridine rings is 2.